The summed E-state index contributed by atoms with van der Waals surface area (Å²) in [4.78, 5) is 12.0. The normalized spacial score (nSPS) is 15.0. The molecule has 0 saturated heterocycles. The second kappa shape index (κ2) is 6.81. The predicted molar refractivity (Wildman–Crippen MR) is 94.1 cm³/mol. The van der Waals surface area contributed by atoms with Crippen molar-refractivity contribution in [3.8, 4) is 0 Å². The summed E-state index contributed by atoms with van der Waals surface area (Å²) in [5.74, 6) is 0. The van der Waals surface area contributed by atoms with Crippen molar-refractivity contribution in [3.63, 3.8) is 0 Å². The monoisotopic (exact) mass is 348 g/mol. The molecule has 0 unspecified atom stereocenters. The molecule has 1 saturated carbocycles. The van der Waals surface area contributed by atoms with Crippen LogP contribution in [0.4, 0.5) is 4.79 Å². The van der Waals surface area contributed by atoms with Crippen molar-refractivity contribution in [1.29, 1.82) is 0 Å². The first kappa shape index (κ1) is 16.2. The molecular weight excluding hydrogens is 331 g/mol. The zero-order valence-electron chi connectivity index (χ0n) is 12.6. The highest BCUT2D eigenvalue weighted by atomic mass is 35.5. The standard InChI is InChI=1S/C18H18Cl2N2O/c19-15-5-1-13(2-6-15)11-21-17(23)22-12-18(9-10-18)14-3-7-16(20)8-4-14/h1-8H,9-12H2,(H2,21,22,23). The summed E-state index contributed by atoms with van der Waals surface area (Å²) in [6.45, 7) is 1.12. The first-order valence-corrected chi connectivity index (χ1v) is 8.35. The van der Waals surface area contributed by atoms with Gasteiger partial charge in [0.25, 0.3) is 0 Å². The molecule has 1 fully saturated rings. The average molecular weight is 349 g/mol. The van der Waals surface area contributed by atoms with Crippen molar-refractivity contribution in [2.45, 2.75) is 24.8 Å². The van der Waals surface area contributed by atoms with Crippen LogP contribution < -0.4 is 10.6 Å². The van der Waals surface area contributed by atoms with Crippen LogP contribution in [-0.2, 0) is 12.0 Å². The fourth-order valence-corrected chi connectivity index (χ4v) is 2.87. The van der Waals surface area contributed by atoms with Gasteiger partial charge in [-0.15, -0.1) is 0 Å². The van der Waals surface area contributed by atoms with Gasteiger partial charge in [0.05, 0.1) is 0 Å². The fraction of sp³-hybridized carbons (Fsp3) is 0.278. The highest BCUT2D eigenvalue weighted by Crippen LogP contribution is 2.47. The Balaban J connectivity index is 1.49. The third-order valence-corrected chi connectivity index (χ3v) is 4.77. The molecule has 0 spiro atoms. The van der Waals surface area contributed by atoms with E-state index in [1.165, 1.54) is 5.56 Å². The minimum absolute atomic E-state index is 0.0716. The minimum Gasteiger partial charge on any atom is -0.337 e. The summed E-state index contributed by atoms with van der Waals surface area (Å²) in [5, 5.41) is 7.26. The number of carbonyl (C=O) groups excluding carboxylic acids is 1. The van der Waals surface area contributed by atoms with Crippen molar-refractivity contribution in [2.75, 3.05) is 6.54 Å². The zero-order chi connectivity index (χ0) is 16.3. The molecule has 23 heavy (non-hydrogen) atoms. The van der Waals surface area contributed by atoms with Gasteiger partial charge in [-0.05, 0) is 48.2 Å². The second-order valence-corrected chi connectivity index (χ2v) is 6.82. The Bertz CT molecular complexity index is 679. The van der Waals surface area contributed by atoms with Crippen molar-refractivity contribution in [2.24, 2.45) is 0 Å². The number of amides is 2. The Kier molecular flexibility index (Phi) is 4.79. The lowest BCUT2D eigenvalue weighted by molar-refractivity contribution is 0.239. The van der Waals surface area contributed by atoms with E-state index in [0.717, 1.165) is 23.4 Å². The van der Waals surface area contributed by atoms with Crippen molar-refractivity contribution < 1.29 is 4.79 Å². The smallest absolute Gasteiger partial charge is 0.315 e. The molecule has 0 radical (unpaired) electrons. The third-order valence-electron chi connectivity index (χ3n) is 4.26. The number of carbonyl (C=O) groups is 1. The van der Waals surface area contributed by atoms with Crippen LogP contribution in [0.2, 0.25) is 10.0 Å². The molecule has 1 aliphatic carbocycles. The van der Waals surface area contributed by atoms with E-state index in [9.17, 15) is 4.79 Å². The largest absolute Gasteiger partial charge is 0.337 e. The van der Waals surface area contributed by atoms with E-state index >= 15 is 0 Å². The van der Waals surface area contributed by atoms with Gasteiger partial charge in [0.15, 0.2) is 0 Å². The molecule has 0 atom stereocenters. The summed E-state index contributed by atoms with van der Waals surface area (Å²) < 4.78 is 0. The van der Waals surface area contributed by atoms with Gasteiger partial charge < -0.3 is 10.6 Å². The van der Waals surface area contributed by atoms with Gasteiger partial charge >= 0.3 is 6.03 Å². The van der Waals surface area contributed by atoms with Gasteiger partial charge in [0, 0.05) is 28.5 Å². The SMILES string of the molecule is O=C(NCc1ccc(Cl)cc1)NCC1(c2ccc(Cl)cc2)CC1. The predicted octanol–water partition coefficient (Wildman–Crippen LogP) is 4.52. The third kappa shape index (κ3) is 4.18. The molecule has 2 aromatic rings. The van der Waals surface area contributed by atoms with Gasteiger partial charge in [0.2, 0.25) is 0 Å². The van der Waals surface area contributed by atoms with Crippen LogP contribution >= 0.6 is 23.2 Å². The molecular formula is C18H18Cl2N2O. The fourth-order valence-electron chi connectivity index (χ4n) is 2.62. The first-order valence-electron chi connectivity index (χ1n) is 7.60. The number of rotatable bonds is 5. The van der Waals surface area contributed by atoms with E-state index in [4.69, 9.17) is 23.2 Å². The molecule has 2 N–H and O–H groups in total. The number of nitrogens with one attached hydrogen (secondary N) is 2. The minimum atomic E-state index is -0.153. The summed E-state index contributed by atoms with van der Waals surface area (Å²) in [6.07, 6.45) is 2.18. The lowest BCUT2D eigenvalue weighted by Gasteiger charge is -2.17. The topological polar surface area (TPSA) is 41.1 Å². The van der Waals surface area contributed by atoms with E-state index in [2.05, 4.69) is 10.6 Å². The zero-order valence-corrected chi connectivity index (χ0v) is 14.1. The van der Waals surface area contributed by atoms with Gasteiger partial charge in [0.1, 0.15) is 0 Å². The Morgan fingerprint density at radius 3 is 2.04 bits per heavy atom. The van der Waals surface area contributed by atoms with E-state index in [1.807, 2.05) is 48.5 Å². The maximum atomic E-state index is 12.0. The number of hydrogen-bond acceptors (Lipinski definition) is 1. The quantitative estimate of drug-likeness (QED) is 0.818. The molecule has 0 aromatic heterocycles. The van der Waals surface area contributed by atoms with E-state index < -0.39 is 0 Å². The molecule has 5 heteroatoms. The summed E-state index contributed by atoms with van der Waals surface area (Å²) in [7, 11) is 0. The number of hydrogen-bond donors (Lipinski definition) is 2. The second-order valence-electron chi connectivity index (χ2n) is 5.95. The van der Waals surface area contributed by atoms with E-state index in [1.54, 1.807) is 0 Å². The number of benzene rings is 2. The van der Waals surface area contributed by atoms with Crippen LogP contribution in [0.25, 0.3) is 0 Å². The average Bonchev–Trinajstić information content (AvgIpc) is 3.34. The molecule has 1 aliphatic rings. The van der Waals surface area contributed by atoms with E-state index in [0.29, 0.717) is 18.1 Å². The van der Waals surface area contributed by atoms with Crippen LogP contribution in [0.1, 0.15) is 24.0 Å². The molecule has 2 amide bonds. The Morgan fingerprint density at radius 2 is 1.48 bits per heavy atom. The molecule has 0 aliphatic heterocycles. The summed E-state index contributed by atoms with van der Waals surface area (Å²) >= 11 is 11.8. The van der Waals surface area contributed by atoms with Crippen molar-refractivity contribution in [3.05, 3.63) is 69.7 Å². The van der Waals surface area contributed by atoms with Gasteiger partial charge in [-0.2, -0.15) is 0 Å². The van der Waals surface area contributed by atoms with Crippen LogP contribution in [0.5, 0.6) is 0 Å². The Labute approximate surface area is 146 Å². The Hall–Kier alpha value is -1.71. The maximum absolute atomic E-state index is 12.0. The van der Waals surface area contributed by atoms with E-state index in [-0.39, 0.29) is 11.4 Å². The summed E-state index contributed by atoms with van der Waals surface area (Å²) in [5.41, 5.74) is 2.32. The molecule has 120 valence electrons. The van der Waals surface area contributed by atoms with Crippen LogP contribution in [0.3, 0.4) is 0 Å². The molecule has 0 heterocycles. The number of urea groups is 1. The first-order chi connectivity index (χ1) is 11.1. The van der Waals surface area contributed by atoms with Gasteiger partial charge in [-0.1, -0.05) is 47.5 Å². The summed E-state index contributed by atoms with van der Waals surface area (Å²) in [6, 6.07) is 15.2. The van der Waals surface area contributed by atoms with Crippen LogP contribution in [-0.4, -0.2) is 12.6 Å². The lowest BCUT2D eigenvalue weighted by Crippen LogP contribution is -2.39. The van der Waals surface area contributed by atoms with Crippen molar-refractivity contribution in [1.82, 2.24) is 10.6 Å². The lowest BCUT2D eigenvalue weighted by atomic mass is 9.96. The number of halogens is 2. The Morgan fingerprint density at radius 1 is 0.913 bits per heavy atom. The van der Waals surface area contributed by atoms with Crippen LogP contribution in [0, 0.1) is 0 Å². The molecule has 3 nitrogen and oxygen atoms in total. The highest BCUT2D eigenvalue weighted by molar-refractivity contribution is 6.30. The maximum Gasteiger partial charge on any atom is 0.315 e. The molecule has 2 aromatic carbocycles. The van der Waals surface area contributed by atoms with Crippen LogP contribution in [0.15, 0.2) is 48.5 Å². The van der Waals surface area contributed by atoms with Crippen molar-refractivity contribution >= 4 is 29.2 Å². The molecule has 3 rings (SSSR count). The molecule has 0 bridgehead atoms. The highest BCUT2D eigenvalue weighted by Gasteiger charge is 2.44. The van der Waals surface area contributed by atoms with Gasteiger partial charge in [-0.3, -0.25) is 0 Å². The van der Waals surface area contributed by atoms with Gasteiger partial charge in [-0.25, -0.2) is 4.79 Å².